The average molecular weight is 433 g/mol. The third-order valence-electron chi connectivity index (χ3n) is 4.87. The molecule has 11 heteroatoms. The second-order valence-electron chi connectivity index (χ2n) is 7.09. The summed E-state index contributed by atoms with van der Waals surface area (Å²) in [5.74, 6) is -1.33. The van der Waals surface area contributed by atoms with Gasteiger partial charge in [0.25, 0.3) is 5.91 Å². The van der Waals surface area contributed by atoms with Crippen LogP contribution < -0.4 is 21.3 Å². The first-order valence-corrected chi connectivity index (χ1v) is 10.2. The average Bonchev–Trinajstić information content (AvgIpc) is 3.24. The number of thiazole rings is 1. The van der Waals surface area contributed by atoms with Gasteiger partial charge in [-0.2, -0.15) is 5.10 Å². The minimum absolute atomic E-state index is 0.00981. The van der Waals surface area contributed by atoms with Crippen LogP contribution in [0.5, 0.6) is 0 Å². The molecule has 0 bridgehead atoms. The standard InChI is InChI=1S/C19H21F2N7OS/c1-10-9-28(7-6-23-10)19-13(8-24-27(19)2)25-17(29)15-16(22)30-18(26-15)14-11(20)4-3-5-12(14)21/h3-5,8,10,23H,6-7,9,22H2,1-2H3,(H,25,29)/t10-/m1/s1. The highest BCUT2D eigenvalue weighted by Crippen LogP contribution is 2.34. The number of rotatable bonds is 4. The summed E-state index contributed by atoms with van der Waals surface area (Å²) in [5, 5.41) is 10.5. The van der Waals surface area contributed by atoms with E-state index in [-0.39, 0.29) is 21.3 Å². The van der Waals surface area contributed by atoms with E-state index in [0.717, 1.165) is 48.9 Å². The Balaban J connectivity index is 1.61. The van der Waals surface area contributed by atoms with E-state index in [1.807, 2.05) is 0 Å². The van der Waals surface area contributed by atoms with Crippen molar-refractivity contribution in [2.24, 2.45) is 7.05 Å². The van der Waals surface area contributed by atoms with Gasteiger partial charge in [0.2, 0.25) is 0 Å². The summed E-state index contributed by atoms with van der Waals surface area (Å²) in [6.45, 7) is 4.43. The third-order valence-corrected chi connectivity index (χ3v) is 5.77. The van der Waals surface area contributed by atoms with Gasteiger partial charge < -0.3 is 21.3 Å². The lowest BCUT2D eigenvalue weighted by atomic mass is 10.2. The van der Waals surface area contributed by atoms with E-state index in [2.05, 4.69) is 32.5 Å². The maximum Gasteiger partial charge on any atom is 0.277 e. The second kappa shape index (κ2) is 8.00. The molecule has 3 heterocycles. The molecule has 3 aromatic rings. The zero-order valence-corrected chi connectivity index (χ0v) is 17.3. The van der Waals surface area contributed by atoms with Gasteiger partial charge in [-0.1, -0.05) is 17.4 Å². The molecule has 0 radical (unpaired) electrons. The molecule has 8 nitrogen and oxygen atoms in total. The van der Waals surface area contributed by atoms with Gasteiger partial charge in [-0.15, -0.1) is 0 Å². The number of amides is 1. The summed E-state index contributed by atoms with van der Waals surface area (Å²) in [6.07, 6.45) is 1.56. The van der Waals surface area contributed by atoms with Crippen LogP contribution in [0.15, 0.2) is 24.4 Å². The van der Waals surface area contributed by atoms with E-state index < -0.39 is 17.5 Å². The van der Waals surface area contributed by atoms with Gasteiger partial charge in [-0.25, -0.2) is 13.8 Å². The molecule has 0 aliphatic carbocycles. The Kier molecular flexibility index (Phi) is 5.39. The van der Waals surface area contributed by atoms with Gasteiger partial charge in [0, 0.05) is 32.7 Å². The lowest BCUT2D eigenvalue weighted by molar-refractivity contribution is 0.102. The van der Waals surface area contributed by atoms with Crippen molar-refractivity contribution in [1.82, 2.24) is 20.1 Å². The highest BCUT2D eigenvalue weighted by Gasteiger charge is 2.25. The molecule has 1 aromatic carbocycles. The van der Waals surface area contributed by atoms with Crippen molar-refractivity contribution in [3.63, 3.8) is 0 Å². The first kappa shape index (κ1) is 20.2. The Labute approximate surface area is 175 Å². The Morgan fingerprint density at radius 1 is 1.37 bits per heavy atom. The van der Waals surface area contributed by atoms with Crippen LogP contribution in [0.25, 0.3) is 10.6 Å². The molecule has 4 rings (SSSR count). The number of nitrogens with one attached hydrogen (secondary N) is 2. The van der Waals surface area contributed by atoms with Crippen molar-refractivity contribution >= 4 is 33.8 Å². The number of carbonyl (C=O) groups excluding carboxylic acids is 1. The molecule has 2 aromatic heterocycles. The molecule has 1 fully saturated rings. The number of nitrogen functional groups attached to an aromatic ring is 1. The molecule has 1 atom stereocenters. The Bertz CT molecular complexity index is 1080. The number of benzene rings is 1. The van der Waals surface area contributed by atoms with Crippen molar-refractivity contribution in [2.45, 2.75) is 13.0 Å². The van der Waals surface area contributed by atoms with E-state index >= 15 is 0 Å². The summed E-state index contributed by atoms with van der Waals surface area (Å²) < 4.78 is 29.9. The van der Waals surface area contributed by atoms with Crippen LogP contribution in [0, 0.1) is 11.6 Å². The lowest BCUT2D eigenvalue weighted by Crippen LogP contribution is -2.50. The SMILES string of the molecule is C[C@@H]1CN(c2c(NC(=O)c3nc(-c4c(F)cccc4F)sc3N)cnn2C)CCN1. The van der Waals surface area contributed by atoms with Gasteiger partial charge in [-0.3, -0.25) is 9.48 Å². The summed E-state index contributed by atoms with van der Waals surface area (Å²) in [5.41, 5.74) is 6.08. The fourth-order valence-electron chi connectivity index (χ4n) is 3.50. The van der Waals surface area contributed by atoms with Gasteiger partial charge in [0.15, 0.2) is 11.5 Å². The number of piperazine rings is 1. The fourth-order valence-corrected chi connectivity index (χ4v) is 4.38. The quantitative estimate of drug-likeness (QED) is 0.584. The summed E-state index contributed by atoms with van der Waals surface area (Å²) in [4.78, 5) is 19.1. The van der Waals surface area contributed by atoms with E-state index in [0.29, 0.717) is 11.7 Å². The second-order valence-corrected chi connectivity index (χ2v) is 8.12. The Hall–Kier alpha value is -3.05. The lowest BCUT2D eigenvalue weighted by Gasteiger charge is -2.33. The van der Waals surface area contributed by atoms with E-state index in [1.165, 1.54) is 6.07 Å². The van der Waals surface area contributed by atoms with Crippen LogP contribution >= 0.6 is 11.3 Å². The summed E-state index contributed by atoms with van der Waals surface area (Å²) in [7, 11) is 1.80. The highest BCUT2D eigenvalue weighted by atomic mass is 32.1. The molecular formula is C19H21F2N7OS. The van der Waals surface area contributed by atoms with Crippen molar-refractivity contribution in [1.29, 1.82) is 0 Å². The Morgan fingerprint density at radius 3 is 2.80 bits per heavy atom. The first-order chi connectivity index (χ1) is 14.3. The van der Waals surface area contributed by atoms with E-state index in [1.54, 1.807) is 17.9 Å². The van der Waals surface area contributed by atoms with Crippen molar-refractivity contribution in [3.8, 4) is 10.6 Å². The number of nitrogens with two attached hydrogens (primary N) is 1. The molecule has 4 N–H and O–H groups in total. The number of hydrogen-bond acceptors (Lipinski definition) is 7. The van der Waals surface area contributed by atoms with Gasteiger partial charge in [0.1, 0.15) is 27.3 Å². The highest BCUT2D eigenvalue weighted by molar-refractivity contribution is 7.19. The first-order valence-electron chi connectivity index (χ1n) is 9.37. The van der Waals surface area contributed by atoms with Crippen LogP contribution in [0.4, 0.5) is 25.3 Å². The molecule has 0 saturated carbocycles. The van der Waals surface area contributed by atoms with E-state index in [9.17, 15) is 13.6 Å². The zero-order chi connectivity index (χ0) is 21.4. The number of aromatic nitrogens is 3. The molecule has 1 saturated heterocycles. The summed E-state index contributed by atoms with van der Waals surface area (Å²) >= 11 is 0.859. The van der Waals surface area contributed by atoms with Crippen LogP contribution in [0.3, 0.4) is 0 Å². The topological polar surface area (TPSA) is 101 Å². The molecule has 1 aliphatic heterocycles. The summed E-state index contributed by atoms with van der Waals surface area (Å²) in [6, 6.07) is 3.82. The number of hydrogen-bond donors (Lipinski definition) is 3. The number of nitrogens with zero attached hydrogens (tertiary/aromatic N) is 4. The predicted octanol–water partition coefficient (Wildman–Crippen LogP) is 2.45. The number of anilines is 3. The molecule has 158 valence electrons. The molecule has 0 spiro atoms. The van der Waals surface area contributed by atoms with Gasteiger partial charge in [0.05, 0.1) is 11.8 Å². The third kappa shape index (κ3) is 3.73. The maximum absolute atomic E-state index is 14.1. The molecule has 30 heavy (non-hydrogen) atoms. The predicted molar refractivity (Wildman–Crippen MR) is 113 cm³/mol. The van der Waals surface area contributed by atoms with Gasteiger partial charge in [-0.05, 0) is 19.1 Å². The number of carbonyl (C=O) groups is 1. The zero-order valence-electron chi connectivity index (χ0n) is 16.4. The maximum atomic E-state index is 14.1. The van der Waals surface area contributed by atoms with E-state index in [4.69, 9.17) is 5.73 Å². The van der Waals surface area contributed by atoms with Crippen LogP contribution in [-0.4, -0.2) is 46.3 Å². The number of aryl methyl sites for hydroxylation is 1. The molecule has 1 aliphatic rings. The van der Waals surface area contributed by atoms with Crippen molar-refractivity contribution in [2.75, 3.05) is 35.6 Å². The molecule has 1 amide bonds. The van der Waals surface area contributed by atoms with Crippen molar-refractivity contribution in [3.05, 3.63) is 41.7 Å². The van der Waals surface area contributed by atoms with Gasteiger partial charge >= 0.3 is 0 Å². The minimum atomic E-state index is -0.766. The van der Waals surface area contributed by atoms with Crippen LogP contribution in [0.2, 0.25) is 0 Å². The molecular weight excluding hydrogens is 412 g/mol. The minimum Gasteiger partial charge on any atom is -0.389 e. The fraction of sp³-hybridized carbons (Fsp3) is 0.316. The smallest absolute Gasteiger partial charge is 0.277 e. The monoisotopic (exact) mass is 433 g/mol. The Morgan fingerprint density at radius 2 is 2.10 bits per heavy atom. The van der Waals surface area contributed by atoms with Crippen molar-refractivity contribution < 1.29 is 13.6 Å². The molecule has 0 unspecified atom stereocenters. The normalized spacial score (nSPS) is 16.7. The van der Waals surface area contributed by atoms with Crippen LogP contribution in [0.1, 0.15) is 17.4 Å². The van der Waals surface area contributed by atoms with Crippen LogP contribution in [-0.2, 0) is 7.05 Å². The largest absolute Gasteiger partial charge is 0.389 e. The number of halogens is 2.